The van der Waals surface area contributed by atoms with Crippen molar-refractivity contribution in [2.45, 2.75) is 25.9 Å². The van der Waals surface area contributed by atoms with Crippen molar-refractivity contribution in [2.75, 3.05) is 6.61 Å². The summed E-state index contributed by atoms with van der Waals surface area (Å²) in [7, 11) is 0. The van der Waals surface area contributed by atoms with E-state index in [2.05, 4.69) is 4.98 Å². The Bertz CT molecular complexity index is 1030. The van der Waals surface area contributed by atoms with Gasteiger partial charge in [0.15, 0.2) is 4.96 Å². The monoisotopic (exact) mass is 378 g/mol. The molecule has 2 atom stereocenters. The molecule has 1 aliphatic carbocycles. The predicted molar refractivity (Wildman–Crippen MR) is 92.7 cm³/mol. The Hall–Kier alpha value is -2.32. The maximum Gasteiger partial charge on any atom is 0.295 e. The number of fused-ring (bicyclic) bond motifs is 1. The second-order valence-electron chi connectivity index (χ2n) is 6.37. The zero-order chi connectivity index (χ0) is 18.4. The Morgan fingerprint density at radius 3 is 2.73 bits per heavy atom. The molecule has 2 heterocycles. The van der Waals surface area contributed by atoms with Crippen LogP contribution < -0.4 is 10.3 Å². The third-order valence-electron chi connectivity index (χ3n) is 4.61. The fraction of sp³-hybridized carbons (Fsp3) is 0.333. The molecule has 8 heteroatoms. The van der Waals surface area contributed by atoms with Gasteiger partial charge in [0.25, 0.3) is 5.56 Å². The van der Waals surface area contributed by atoms with Gasteiger partial charge in [-0.1, -0.05) is 0 Å². The van der Waals surface area contributed by atoms with E-state index in [4.69, 9.17) is 4.74 Å². The Labute approximate surface area is 151 Å². The Morgan fingerprint density at radius 1 is 1.35 bits per heavy atom. The van der Waals surface area contributed by atoms with Gasteiger partial charge < -0.3 is 9.84 Å². The number of aliphatic hydroxyl groups is 1. The normalized spacial score (nSPS) is 19.1. The number of thiazole rings is 1. The average Bonchev–Trinajstić information content (AvgIpc) is 3.33. The molecule has 1 aromatic carbocycles. The van der Waals surface area contributed by atoms with E-state index in [0.29, 0.717) is 10.7 Å². The van der Waals surface area contributed by atoms with E-state index in [1.165, 1.54) is 40.0 Å². The molecule has 26 heavy (non-hydrogen) atoms. The molecule has 1 saturated carbocycles. The first kappa shape index (κ1) is 17.1. The molecule has 4 rings (SSSR count). The Kier molecular flexibility index (Phi) is 4.24. The van der Waals surface area contributed by atoms with Gasteiger partial charge in [0.05, 0.1) is 0 Å². The summed E-state index contributed by atoms with van der Waals surface area (Å²) in [5, 5.41) is 9.29. The van der Waals surface area contributed by atoms with E-state index >= 15 is 0 Å². The molecule has 0 saturated heterocycles. The van der Waals surface area contributed by atoms with E-state index < -0.39 is 17.2 Å². The van der Waals surface area contributed by atoms with Crippen LogP contribution in [0.3, 0.4) is 0 Å². The smallest absolute Gasteiger partial charge is 0.295 e. The highest BCUT2D eigenvalue weighted by molar-refractivity contribution is 7.17. The van der Waals surface area contributed by atoms with Crippen molar-refractivity contribution in [1.29, 1.82) is 0 Å². The van der Waals surface area contributed by atoms with Gasteiger partial charge >= 0.3 is 0 Å². The first-order valence-corrected chi connectivity index (χ1v) is 9.01. The summed E-state index contributed by atoms with van der Waals surface area (Å²) in [5.74, 6) is -0.814. The van der Waals surface area contributed by atoms with Gasteiger partial charge in [-0.3, -0.25) is 9.20 Å². The highest BCUT2D eigenvalue weighted by Gasteiger charge is 2.41. The molecule has 1 fully saturated rings. The summed E-state index contributed by atoms with van der Waals surface area (Å²) >= 11 is 1.32. The number of halogens is 2. The molecule has 136 valence electrons. The van der Waals surface area contributed by atoms with Crippen LogP contribution in [0, 0.1) is 24.5 Å². The number of rotatable bonds is 5. The summed E-state index contributed by atoms with van der Waals surface area (Å²) in [5.41, 5.74) is -0.0938. The fourth-order valence-corrected chi connectivity index (χ4v) is 4.19. The molecule has 2 aromatic heterocycles. The van der Waals surface area contributed by atoms with E-state index in [1.807, 2.05) is 6.92 Å². The maximum absolute atomic E-state index is 14.6. The van der Waals surface area contributed by atoms with Crippen molar-refractivity contribution in [3.8, 4) is 5.75 Å². The van der Waals surface area contributed by atoms with Gasteiger partial charge in [-0.15, -0.1) is 11.3 Å². The van der Waals surface area contributed by atoms with Crippen molar-refractivity contribution >= 4 is 16.3 Å². The zero-order valence-corrected chi connectivity index (χ0v) is 14.7. The number of ether oxygens (including phenoxy) is 1. The quantitative estimate of drug-likeness (QED) is 0.741. The van der Waals surface area contributed by atoms with Gasteiger partial charge in [0.2, 0.25) is 5.82 Å². The molecular formula is C18H16F2N2O3S. The van der Waals surface area contributed by atoms with E-state index in [1.54, 1.807) is 0 Å². The molecule has 0 aliphatic heterocycles. The minimum Gasteiger partial charge on any atom is -0.487 e. The highest BCUT2D eigenvalue weighted by Crippen LogP contribution is 2.49. The van der Waals surface area contributed by atoms with Crippen molar-refractivity contribution in [2.24, 2.45) is 5.92 Å². The highest BCUT2D eigenvalue weighted by atomic mass is 32.1. The molecule has 5 nitrogen and oxygen atoms in total. The number of benzene rings is 1. The molecule has 1 N–H and O–H groups in total. The van der Waals surface area contributed by atoms with Gasteiger partial charge in [-0.2, -0.15) is 4.39 Å². The second kappa shape index (κ2) is 6.44. The number of nitrogens with zero attached hydrogens (tertiary/aromatic N) is 2. The van der Waals surface area contributed by atoms with Gasteiger partial charge in [-0.05, 0) is 43.5 Å². The summed E-state index contributed by atoms with van der Waals surface area (Å²) in [6.07, 6.45) is 0.784. The van der Waals surface area contributed by atoms with Crippen molar-refractivity contribution in [1.82, 2.24) is 9.38 Å². The molecule has 0 amide bonds. The third-order valence-corrected chi connectivity index (χ3v) is 5.58. The molecule has 0 spiro atoms. The molecule has 0 radical (unpaired) electrons. The average molecular weight is 378 g/mol. The van der Waals surface area contributed by atoms with Crippen LogP contribution in [0.1, 0.15) is 28.6 Å². The molecule has 0 bridgehead atoms. The van der Waals surface area contributed by atoms with E-state index in [9.17, 15) is 18.7 Å². The lowest BCUT2D eigenvalue weighted by Gasteiger charge is -2.07. The lowest BCUT2D eigenvalue weighted by atomic mass is 10.2. The largest absolute Gasteiger partial charge is 0.487 e. The number of aryl methyl sites for hydroxylation is 1. The Morgan fingerprint density at radius 2 is 2.08 bits per heavy atom. The van der Waals surface area contributed by atoms with Crippen LogP contribution in [0.4, 0.5) is 8.78 Å². The van der Waals surface area contributed by atoms with Crippen LogP contribution in [0.25, 0.3) is 4.96 Å². The van der Waals surface area contributed by atoms with E-state index in [-0.39, 0.29) is 30.7 Å². The van der Waals surface area contributed by atoms with Crippen molar-refractivity contribution in [3.05, 3.63) is 62.5 Å². The molecular weight excluding hydrogens is 362 g/mol. The van der Waals surface area contributed by atoms with Crippen molar-refractivity contribution < 1.29 is 18.6 Å². The summed E-state index contributed by atoms with van der Waals surface area (Å²) in [6.45, 7) is 1.70. The fourth-order valence-electron chi connectivity index (χ4n) is 3.14. The van der Waals surface area contributed by atoms with Crippen LogP contribution in [-0.4, -0.2) is 21.1 Å². The summed E-state index contributed by atoms with van der Waals surface area (Å²) in [4.78, 5) is 18.1. The summed E-state index contributed by atoms with van der Waals surface area (Å²) < 4.78 is 34.2. The number of hydrogen-bond donors (Lipinski definition) is 1. The molecule has 1 aliphatic rings. The van der Waals surface area contributed by atoms with Gasteiger partial charge in [0.1, 0.15) is 23.9 Å². The Balaban J connectivity index is 1.68. The first-order valence-electron chi connectivity index (χ1n) is 8.19. The molecule has 2 unspecified atom stereocenters. The predicted octanol–water partition coefficient (Wildman–Crippen LogP) is 3.02. The minimum atomic E-state index is -0.954. The molecule has 3 aromatic rings. The topological polar surface area (TPSA) is 63.8 Å². The van der Waals surface area contributed by atoms with Crippen LogP contribution in [0.5, 0.6) is 5.75 Å². The second-order valence-corrected chi connectivity index (χ2v) is 7.55. The zero-order valence-electron chi connectivity index (χ0n) is 13.9. The lowest BCUT2D eigenvalue weighted by molar-refractivity contribution is 0.273. The standard InChI is InChI=1S/C18H16F2N2O3S/c1-9-16(13-6-10(13)7-23)22-17(24)15(20)14(21-18(22)26-9)8-25-12-4-2-11(19)3-5-12/h2-5,10,13,23H,6-8H2,1H3. The van der Waals surface area contributed by atoms with Gasteiger partial charge in [-0.25, -0.2) is 9.37 Å². The lowest BCUT2D eigenvalue weighted by Crippen LogP contribution is -2.23. The SMILES string of the molecule is Cc1sc2nc(COc3ccc(F)cc3)c(F)c(=O)n2c1C1CC1CO. The maximum atomic E-state index is 14.6. The van der Waals surface area contributed by atoms with Crippen molar-refractivity contribution in [3.63, 3.8) is 0 Å². The van der Waals surface area contributed by atoms with Crippen LogP contribution in [0.2, 0.25) is 0 Å². The van der Waals surface area contributed by atoms with Crippen LogP contribution in [0.15, 0.2) is 29.1 Å². The van der Waals surface area contributed by atoms with Gasteiger partial charge in [0, 0.05) is 23.1 Å². The van der Waals surface area contributed by atoms with Crippen LogP contribution >= 0.6 is 11.3 Å². The van der Waals surface area contributed by atoms with Crippen LogP contribution in [-0.2, 0) is 6.61 Å². The minimum absolute atomic E-state index is 0.0513. The number of aromatic nitrogens is 2. The first-order chi connectivity index (χ1) is 12.5. The summed E-state index contributed by atoms with van der Waals surface area (Å²) in [6, 6.07) is 5.32. The third kappa shape index (κ3) is 2.89. The number of aliphatic hydroxyl groups excluding tert-OH is 1. The number of hydrogen-bond acceptors (Lipinski definition) is 5. The van der Waals surface area contributed by atoms with E-state index in [0.717, 1.165) is 17.0 Å².